The van der Waals surface area contributed by atoms with E-state index in [0.29, 0.717) is 6.42 Å². The van der Waals surface area contributed by atoms with Crippen LogP contribution in [0.2, 0.25) is 0 Å². The number of carbonyl (C=O) groups excluding carboxylic acids is 1. The summed E-state index contributed by atoms with van der Waals surface area (Å²) in [6, 6.07) is 19.6. The van der Waals surface area contributed by atoms with Gasteiger partial charge in [0.15, 0.2) is 5.78 Å². The van der Waals surface area contributed by atoms with Crippen molar-refractivity contribution in [1.29, 1.82) is 0 Å². The minimum Gasteiger partial charge on any atom is -0.364 e. The summed E-state index contributed by atoms with van der Waals surface area (Å²) in [7, 11) is 0. The summed E-state index contributed by atoms with van der Waals surface area (Å²) in [6.45, 7) is 0. The zero-order valence-corrected chi connectivity index (χ0v) is 10.7. The number of hydrogen-bond donors (Lipinski definition) is 0. The van der Waals surface area contributed by atoms with E-state index in [1.54, 1.807) is 0 Å². The molecule has 2 heteroatoms. The van der Waals surface area contributed by atoms with Crippen LogP contribution >= 0.6 is 0 Å². The average molecular weight is 252 g/mol. The van der Waals surface area contributed by atoms with E-state index in [1.807, 2.05) is 48.5 Å². The first-order valence-electron chi connectivity index (χ1n) is 6.63. The highest BCUT2D eigenvalue weighted by Crippen LogP contribution is 2.41. The number of epoxide rings is 1. The van der Waals surface area contributed by atoms with Crippen molar-refractivity contribution in [2.45, 2.75) is 25.0 Å². The smallest absolute Gasteiger partial charge is 0.162 e. The summed E-state index contributed by atoms with van der Waals surface area (Å²) in [4.78, 5) is 12.0. The highest BCUT2D eigenvalue weighted by molar-refractivity contribution is 5.95. The lowest BCUT2D eigenvalue weighted by Crippen LogP contribution is -2.01. The van der Waals surface area contributed by atoms with Crippen LogP contribution in [0.4, 0.5) is 0 Å². The van der Waals surface area contributed by atoms with Gasteiger partial charge in [-0.3, -0.25) is 4.79 Å². The summed E-state index contributed by atoms with van der Waals surface area (Å²) in [6.07, 6.45) is 1.74. The molecule has 2 aromatic rings. The average Bonchev–Trinajstić information content (AvgIpc) is 3.26. The minimum atomic E-state index is 0.185. The molecular formula is C17H16O2. The molecule has 0 unspecified atom stereocenters. The fourth-order valence-corrected chi connectivity index (χ4v) is 2.34. The molecule has 2 atom stereocenters. The molecule has 2 aromatic carbocycles. The highest BCUT2D eigenvalue weighted by atomic mass is 16.6. The van der Waals surface area contributed by atoms with Crippen molar-refractivity contribution in [2.75, 3.05) is 0 Å². The fourth-order valence-electron chi connectivity index (χ4n) is 2.34. The SMILES string of the molecule is O=C(CC[C@@H]1O[C@@H]1c1ccccc1)c1ccccc1. The number of carbonyl (C=O) groups is 1. The van der Waals surface area contributed by atoms with Gasteiger partial charge in [0.25, 0.3) is 0 Å². The summed E-state index contributed by atoms with van der Waals surface area (Å²) >= 11 is 0. The molecule has 2 nitrogen and oxygen atoms in total. The summed E-state index contributed by atoms with van der Waals surface area (Å²) in [5, 5.41) is 0. The third kappa shape index (κ3) is 2.91. The van der Waals surface area contributed by atoms with E-state index in [1.165, 1.54) is 5.56 Å². The Labute approximate surface area is 113 Å². The van der Waals surface area contributed by atoms with Crippen LogP contribution in [0, 0.1) is 0 Å². The van der Waals surface area contributed by atoms with Crippen molar-refractivity contribution >= 4 is 5.78 Å². The first kappa shape index (κ1) is 12.1. The van der Waals surface area contributed by atoms with Gasteiger partial charge in [-0.15, -0.1) is 0 Å². The van der Waals surface area contributed by atoms with E-state index >= 15 is 0 Å². The maximum absolute atomic E-state index is 12.0. The third-order valence-electron chi connectivity index (χ3n) is 3.46. The predicted octanol–water partition coefficient (Wildman–Crippen LogP) is 3.79. The Morgan fingerprint density at radius 3 is 2.26 bits per heavy atom. The zero-order valence-electron chi connectivity index (χ0n) is 10.7. The number of rotatable bonds is 5. The van der Waals surface area contributed by atoms with Crippen molar-refractivity contribution in [1.82, 2.24) is 0 Å². The van der Waals surface area contributed by atoms with Crippen LogP contribution < -0.4 is 0 Å². The van der Waals surface area contributed by atoms with Crippen molar-refractivity contribution in [3.05, 3.63) is 71.8 Å². The van der Waals surface area contributed by atoms with Gasteiger partial charge >= 0.3 is 0 Å². The summed E-state index contributed by atoms with van der Waals surface area (Å²) < 4.78 is 5.64. The van der Waals surface area contributed by atoms with Crippen LogP contribution in [0.1, 0.15) is 34.9 Å². The second-order valence-electron chi connectivity index (χ2n) is 4.83. The second kappa shape index (κ2) is 5.37. The monoisotopic (exact) mass is 252 g/mol. The molecule has 19 heavy (non-hydrogen) atoms. The number of benzene rings is 2. The molecule has 0 aliphatic carbocycles. The molecule has 0 spiro atoms. The first-order chi connectivity index (χ1) is 9.34. The lowest BCUT2D eigenvalue weighted by Gasteiger charge is -1.99. The predicted molar refractivity (Wildman–Crippen MR) is 74.1 cm³/mol. The second-order valence-corrected chi connectivity index (χ2v) is 4.83. The Morgan fingerprint density at radius 1 is 0.947 bits per heavy atom. The Hall–Kier alpha value is -1.93. The lowest BCUT2D eigenvalue weighted by atomic mass is 10.0. The highest BCUT2D eigenvalue weighted by Gasteiger charge is 2.39. The molecule has 1 fully saturated rings. The van der Waals surface area contributed by atoms with Crippen LogP contribution in [-0.4, -0.2) is 11.9 Å². The Morgan fingerprint density at radius 2 is 1.58 bits per heavy atom. The first-order valence-corrected chi connectivity index (χ1v) is 6.63. The molecule has 1 aliphatic heterocycles. The van der Waals surface area contributed by atoms with Gasteiger partial charge < -0.3 is 4.74 Å². The van der Waals surface area contributed by atoms with Crippen molar-refractivity contribution in [3.63, 3.8) is 0 Å². The molecule has 0 amide bonds. The van der Waals surface area contributed by atoms with Gasteiger partial charge in [-0.05, 0) is 12.0 Å². The van der Waals surface area contributed by atoms with Crippen molar-refractivity contribution in [2.24, 2.45) is 0 Å². The van der Waals surface area contributed by atoms with Gasteiger partial charge in [0.05, 0.1) is 6.10 Å². The van der Waals surface area contributed by atoms with Crippen LogP contribution in [0.3, 0.4) is 0 Å². The fraction of sp³-hybridized carbons (Fsp3) is 0.235. The van der Waals surface area contributed by atoms with Crippen molar-refractivity contribution in [3.8, 4) is 0 Å². The van der Waals surface area contributed by atoms with E-state index in [9.17, 15) is 4.79 Å². The van der Waals surface area contributed by atoms with Gasteiger partial charge in [-0.1, -0.05) is 60.7 Å². The van der Waals surface area contributed by atoms with Crippen LogP contribution in [0.25, 0.3) is 0 Å². The van der Waals surface area contributed by atoms with Gasteiger partial charge in [0, 0.05) is 12.0 Å². The van der Waals surface area contributed by atoms with E-state index < -0.39 is 0 Å². The van der Waals surface area contributed by atoms with E-state index in [-0.39, 0.29) is 18.0 Å². The molecule has 0 saturated carbocycles. The van der Waals surface area contributed by atoms with Crippen LogP contribution in [0.15, 0.2) is 60.7 Å². The van der Waals surface area contributed by atoms with Crippen LogP contribution in [0.5, 0.6) is 0 Å². The third-order valence-corrected chi connectivity index (χ3v) is 3.46. The maximum atomic E-state index is 12.0. The molecule has 0 N–H and O–H groups in total. The number of Topliss-reactive ketones (excluding diaryl/α,β-unsaturated/α-hetero) is 1. The molecule has 1 aliphatic rings. The molecular weight excluding hydrogens is 236 g/mol. The zero-order chi connectivity index (χ0) is 13.1. The Balaban J connectivity index is 1.51. The molecule has 96 valence electrons. The Kier molecular flexibility index (Phi) is 3.43. The summed E-state index contributed by atoms with van der Waals surface area (Å²) in [5.74, 6) is 0.197. The minimum absolute atomic E-state index is 0.185. The number of ether oxygens (including phenoxy) is 1. The molecule has 3 rings (SSSR count). The van der Waals surface area contributed by atoms with Gasteiger partial charge in [0.2, 0.25) is 0 Å². The van der Waals surface area contributed by atoms with E-state index in [0.717, 1.165) is 12.0 Å². The summed E-state index contributed by atoms with van der Waals surface area (Å²) in [5.41, 5.74) is 2.00. The molecule has 1 saturated heterocycles. The lowest BCUT2D eigenvalue weighted by molar-refractivity contribution is 0.0976. The maximum Gasteiger partial charge on any atom is 0.162 e. The van der Waals surface area contributed by atoms with Gasteiger partial charge in [-0.25, -0.2) is 0 Å². The van der Waals surface area contributed by atoms with E-state index in [4.69, 9.17) is 4.74 Å². The largest absolute Gasteiger partial charge is 0.364 e. The molecule has 1 heterocycles. The van der Waals surface area contributed by atoms with Crippen molar-refractivity contribution < 1.29 is 9.53 Å². The van der Waals surface area contributed by atoms with E-state index in [2.05, 4.69) is 12.1 Å². The molecule has 0 bridgehead atoms. The molecule has 0 aromatic heterocycles. The van der Waals surface area contributed by atoms with Gasteiger partial charge in [-0.2, -0.15) is 0 Å². The standard InChI is InChI=1S/C17H16O2/c18-15(13-7-3-1-4-8-13)11-12-16-17(19-16)14-9-5-2-6-10-14/h1-10,16-17H,11-12H2/t16-,17+/m0/s1. The van der Waals surface area contributed by atoms with Gasteiger partial charge in [0.1, 0.15) is 6.10 Å². The molecule has 0 radical (unpaired) electrons. The quantitative estimate of drug-likeness (QED) is 0.598. The topological polar surface area (TPSA) is 29.6 Å². The van der Waals surface area contributed by atoms with Crippen LogP contribution in [-0.2, 0) is 4.74 Å². The number of hydrogen-bond acceptors (Lipinski definition) is 2. The normalized spacial score (nSPS) is 21.1. The Bertz CT molecular complexity index is 548. The number of ketones is 1.